The number of piperidine rings is 1. The Bertz CT molecular complexity index is 546. The van der Waals surface area contributed by atoms with Gasteiger partial charge in [-0.15, -0.1) is 0 Å². The third kappa shape index (κ3) is 7.89. The topological polar surface area (TPSA) is 59.9 Å². The monoisotopic (exact) mass is 374 g/mol. The Labute approximate surface area is 165 Å². The molecule has 0 saturated carbocycles. The predicted octanol–water partition coefficient (Wildman–Crippen LogP) is 3.13. The van der Waals surface area contributed by atoms with Crippen LogP contribution in [-0.4, -0.2) is 48.2 Å². The summed E-state index contributed by atoms with van der Waals surface area (Å²) in [5.41, 5.74) is 2.56. The van der Waals surface area contributed by atoms with Crippen molar-refractivity contribution in [2.75, 3.05) is 26.2 Å². The lowest BCUT2D eigenvalue weighted by Crippen LogP contribution is -2.39. The lowest BCUT2D eigenvalue weighted by atomic mass is 10.0. The molecule has 1 aliphatic heterocycles. The number of guanidine groups is 1. The summed E-state index contributed by atoms with van der Waals surface area (Å²) in [5.74, 6) is 1.60. The third-order valence-corrected chi connectivity index (χ3v) is 5.46. The second kappa shape index (κ2) is 12.0. The van der Waals surface area contributed by atoms with Gasteiger partial charge in [-0.1, -0.05) is 51.0 Å². The summed E-state index contributed by atoms with van der Waals surface area (Å²) in [4.78, 5) is 7.16. The normalized spacial score (nSPS) is 16.7. The zero-order valence-corrected chi connectivity index (χ0v) is 17.4. The summed E-state index contributed by atoms with van der Waals surface area (Å²) in [6.45, 7) is 12.1. The average molecular weight is 375 g/mol. The molecule has 3 N–H and O–H groups in total. The minimum atomic E-state index is -0.106. The molecule has 152 valence electrons. The molecule has 5 heteroatoms. The van der Waals surface area contributed by atoms with Crippen LogP contribution in [0.2, 0.25) is 0 Å². The van der Waals surface area contributed by atoms with Gasteiger partial charge < -0.3 is 15.7 Å². The molecule has 0 amide bonds. The van der Waals surface area contributed by atoms with Crippen LogP contribution in [0.4, 0.5) is 0 Å². The lowest BCUT2D eigenvalue weighted by Gasteiger charge is -2.29. The van der Waals surface area contributed by atoms with Crippen LogP contribution in [0.5, 0.6) is 0 Å². The van der Waals surface area contributed by atoms with Crippen LogP contribution in [0.15, 0.2) is 29.3 Å². The Morgan fingerprint density at radius 1 is 1.07 bits per heavy atom. The number of aliphatic imine (C=N–C) groups is 1. The fourth-order valence-corrected chi connectivity index (χ4v) is 3.42. The van der Waals surface area contributed by atoms with Crippen molar-refractivity contribution >= 4 is 5.96 Å². The Morgan fingerprint density at radius 3 is 2.30 bits per heavy atom. The predicted molar refractivity (Wildman–Crippen MR) is 114 cm³/mol. The quantitative estimate of drug-likeness (QED) is 0.459. The third-order valence-electron chi connectivity index (χ3n) is 5.46. The number of aliphatic hydroxyl groups excluding tert-OH is 1. The Hall–Kier alpha value is -1.59. The van der Waals surface area contributed by atoms with E-state index in [1.165, 1.54) is 24.0 Å². The molecule has 0 aliphatic carbocycles. The first kappa shape index (κ1) is 21.7. The van der Waals surface area contributed by atoms with Crippen molar-refractivity contribution < 1.29 is 5.11 Å². The molecule has 2 rings (SSSR count). The number of nitrogens with zero attached hydrogens (tertiary/aromatic N) is 2. The van der Waals surface area contributed by atoms with Gasteiger partial charge in [0, 0.05) is 32.7 Å². The minimum absolute atomic E-state index is 0.106. The summed E-state index contributed by atoms with van der Waals surface area (Å²) in [6, 6.07) is 8.78. The van der Waals surface area contributed by atoms with E-state index in [1.807, 2.05) is 0 Å². The molecule has 0 aromatic heterocycles. The van der Waals surface area contributed by atoms with Crippen LogP contribution in [0, 0.1) is 5.92 Å². The Morgan fingerprint density at radius 2 is 1.70 bits per heavy atom. The van der Waals surface area contributed by atoms with E-state index in [4.69, 9.17) is 4.99 Å². The average Bonchev–Trinajstić information content (AvgIpc) is 2.69. The molecule has 1 heterocycles. The van der Waals surface area contributed by atoms with Crippen LogP contribution in [0.1, 0.15) is 57.6 Å². The molecule has 1 fully saturated rings. The highest BCUT2D eigenvalue weighted by Crippen LogP contribution is 2.14. The number of benzene rings is 1. The van der Waals surface area contributed by atoms with Crippen molar-refractivity contribution in [3.63, 3.8) is 0 Å². The number of hydrogen-bond acceptors (Lipinski definition) is 3. The van der Waals surface area contributed by atoms with E-state index in [0.29, 0.717) is 12.5 Å². The smallest absolute Gasteiger partial charge is 0.191 e. The maximum atomic E-state index is 9.62. The molecule has 1 saturated heterocycles. The van der Waals surface area contributed by atoms with Gasteiger partial charge in [0.2, 0.25) is 0 Å². The zero-order valence-electron chi connectivity index (χ0n) is 17.4. The summed E-state index contributed by atoms with van der Waals surface area (Å²) >= 11 is 0. The van der Waals surface area contributed by atoms with Crippen molar-refractivity contribution in [3.8, 4) is 0 Å². The fraction of sp³-hybridized carbons (Fsp3) is 0.682. The van der Waals surface area contributed by atoms with Crippen molar-refractivity contribution in [2.45, 2.75) is 65.6 Å². The second-order valence-electron chi connectivity index (χ2n) is 7.58. The first-order valence-corrected chi connectivity index (χ1v) is 10.6. The molecule has 5 nitrogen and oxygen atoms in total. The van der Waals surface area contributed by atoms with Gasteiger partial charge >= 0.3 is 0 Å². The van der Waals surface area contributed by atoms with Crippen LogP contribution < -0.4 is 10.6 Å². The molecular formula is C22H38N4O. The minimum Gasteiger partial charge on any atom is -0.393 e. The SMILES string of the molecule is CCNC(=NCc1ccc(CN2CCC(O)CC2)cc1)NCC(CC)CC. The summed E-state index contributed by atoms with van der Waals surface area (Å²) < 4.78 is 0. The van der Waals surface area contributed by atoms with Crippen LogP contribution in [0.25, 0.3) is 0 Å². The van der Waals surface area contributed by atoms with E-state index in [-0.39, 0.29) is 6.10 Å². The van der Waals surface area contributed by atoms with Gasteiger partial charge in [-0.2, -0.15) is 0 Å². The van der Waals surface area contributed by atoms with Gasteiger partial charge in [0.1, 0.15) is 0 Å². The molecule has 1 aliphatic rings. The molecule has 0 bridgehead atoms. The van der Waals surface area contributed by atoms with Gasteiger partial charge in [0.15, 0.2) is 5.96 Å². The van der Waals surface area contributed by atoms with Gasteiger partial charge in [0.05, 0.1) is 12.6 Å². The molecule has 1 aromatic carbocycles. The van der Waals surface area contributed by atoms with Crippen molar-refractivity contribution in [1.82, 2.24) is 15.5 Å². The highest BCUT2D eigenvalue weighted by atomic mass is 16.3. The largest absolute Gasteiger partial charge is 0.393 e. The van der Waals surface area contributed by atoms with Gasteiger partial charge in [-0.05, 0) is 36.8 Å². The lowest BCUT2D eigenvalue weighted by molar-refractivity contribution is 0.0792. The van der Waals surface area contributed by atoms with Gasteiger partial charge in [-0.25, -0.2) is 4.99 Å². The first-order chi connectivity index (χ1) is 13.1. The Kier molecular flexibility index (Phi) is 9.64. The van der Waals surface area contributed by atoms with Crippen molar-refractivity contribution in [2.24, 2.45) is 10.9 Å². The molecule has 27 heavy (non-hydrogen) atoms. The number of nitrogens with one attached hydrogen (secondary N) is 2. The number of rotatable bonds is 9. The standard InChI is InChI=1S/C22H38N4O/c1-4-18(5-2)15-24-22(23-6-3)25-16-19-7-9-20(10-8-19)17-26-13-11-21(27)12-14-26/h7-10,18,21,27H,4-6,11-17H2,1-3H3,(H2,23,24,25). The van der Waals surface area contributed by atoms with Crippen molar-refractivity contribution in [3.05, 3.63) is 35.4 Å². The maximum Gasteiger partial charge on any atom is 0.191 e. The van der Waals surface area contributed by atoms with Crippen LogP contribution >= 0.6 is 0 Å². The summed E-state index contributed by atoms with van der Waals surface area (Å²) in [6.07, 6.45) is 4.07. The zero-order chi connectivity index (χ0) is 19.5. The maximum absolute atomic E-state index is 9.62. The van der Waals surface area contributed by atoms with E-state index in [1.54, 1.807) is 0 Å². The van der Waals surface area contributed by atoms with Crippen LogP contribution in [0.3, 0.4) is 0 Å². The van der Waals surface area contributed by atoms with E-state index in [2.05, 4.69) is 60.6 Å². The highest BCUT2D eigenvalue weighted by molar-refractivity contribution is 5.79. The van der Waals surface area contributed by atoms with Crippen molar-refractivity contribution in [1.29, 1.82) is 0 Å². The van der Waals surface area contributed by atoms with E-state index in [9.17, 15) is 5.11 Å². The summed E-state index contributed by atoms with van der Waals surface area (Å²) in [5, 5.41) is 16.4. The number of likely N-dealkylation sites (tertiary alicyclic amines) is 1. The van der Waals surface area contributed by atoms with Gasteiger partial charge in [0.25, 0.3) is 0 Å². The molecule has 0 unspecified atom stereocenters. The molecule has 0 spiro atoms. The fourth-order valence-electron chi connectivity index (χ4n) is 3.42. The first-order valence-electron chi connectivity index (χ1n) is 10.6. The van der Waals surface area contributed by atoms with E-state index < -0.39 is 0 Å². The second-order valence-corrected chi connectivity index (χ2v) is 7.58. The number of hydrogen-bond donors (Lipinski definition) is 3. The molecular weight excluding hydrogens is 336 g/mol. The van der Waals surface area contributed by atoms with E-state index >= 15 is 0 Å². The molecule has 0 radical (unpaired) electrons. The molecule has 0 atom stereocenters. The van der Waals surface area contributed by atoms with E-state index in [0.717, 1.165) is 51.5 Å². The molecule has 1 aromatic rings. The highest BCUT2D eigenvalue weighted by Gasteiger charge is 2.16. The summed E-state index contributed by atoms with van der Waals surface area (Å²) in [7, 11) is 0. The Balaban J connectivity index is 1.84. The van der Waals surface area contributed by atoms with Gasteiger partial charge in [-0.3, -0.25) is 4.90 Å². The van der Waals surface area contributed by atoms with Crippen LogP contribution in [-0.2, 0) is 13.1 Å². The number of aliphatic hydroxyl groups is 1.